The van der Waals surface area contributed by atoms with E-state index in [0.717, 1.165) is 5.56 Å². The number of carboxylic acid groups (broad SMARTS) is 1. The number of hydrogen-bond acceptors (Lipinski definition) is 3. The number of carbonyl (C=O) groups is 1. The van der Waals surface area contributed by atoms with E-state index in [9.17, 15) is 4.79 Å². The minimum absolute atomic E-state index is 0.262. The average Bonchev–Trinajstić information content (AvgIpc) is 2.11. The number of thiol groups is 1. The maximum atomic E-state index is 11.0. The van der Waals surface area contributed by atoms with Crippen LogP contribution in [-0.2, 0) is 0 Å². The smallest absolute Gasteiger partial charge is 0.336 e. The summed E-state index contributed by atoms with van der Waals surface area (Å²) in [6.07, 6.45) is 0. The van der Waals surface area contributed by atoms with E-state index in [0.29, 0.717) is 21.7 Å². The predicted molar refractivity (Wildman–Crippen MR) is 59.3 cm³/mol. The Bertz CT molecular complexity index is 384. The van der Waals surface area contributed by atoms with Crippen molar-refractivity contribution in [1.29, 1.82) is 0 Å². The van der Waals surface area contributed by atoms with E-state index in [4.69, 9.17) is 10.8 Å². The number of rotatable bonds is 1. The van der Waals surface area contributed by atoms with E-state index in [1.54, 1.807) is 13.8 Å². The Morgan fingerprint density at radius 3 is 2.14 bits per heavy atom. The van der Waals surface area contributed by atoms with E-state index >= 15 is 0 Å². The van der Waals surface area contributed by atoms with Gasteiger partial charge in [0.1, 0.15) is 0 Å². The topological polar surface area (TPSA) is 63.3 Å². The number of carboxylic acids is 1. The molecule has 1 rings (SSSR count). The summed E-state index contributed by atoms with van der Waals surface area (Å²) < 4.78 is 0. The van der Waals surface area contributed by atoms with E-state index in [2.05, 4.69) is 12.6 Å². The molecular weight excluding hydrogens is 198 g/mol. The van der Waals surface area contributed by atoms with Crippen LogP contribution in [0.4, 0.5) is 5.69 Å². The Morgan fingerprint density at radius 1 is 1.21 bits per heavy atom. The van der Waals surface area contributed by atoms with Gasteiger partial charge in [0.05, 0.1) is 5.56 Å². The maximum Gasteiger partial charge on any atom is 0.336 e. The van der Waals surface area contributed by atoms with Crippen LogP contribution >= 0.6 is 12.6 Å². The minimum Gasteiger partial charge on any atom is -0.478 e. The molecule has 0 atom stereocenters. The Balaban J connectivity index is 3.68. The van der Waals surface area contributed by atoms with Gasteiger partial charge in [0.25, 0.3) is 0 Å². The molecule has 0 radical (unpaired) electrons. The maximum absolute atomic E-state index is 11.0. The lowest BCUT2D eigenvalue weighted by Gasteiger charge is -2.14. The van der Waals surface area contributed by atoms with Crippen molar-refractivity contribution in [3.05, 3.63) is 22.3 Å². The van der Waals surface area contributed by atoms with Gasteiger partial charge in [0, 0.05) is 10.6 Å². The quantitative estimate of drug-likeness (QED) is 0.493. The first kappa shape index (κ1) is 10.9. The van der Waals surface area contributed by atoms with Gasteiger partial charge in [0.2, 0.25) is 0 Å². The lowest BCUT2D eigenvalue weighted by Crippen LogP contribution is -2.08. The van der Waals surface area contributed by atoms with E-state index < -0.39 is 5.97 Å². The Hall–Kier alpha value is -1.16. The minimum atomic E-state index is -0.956. The van der Waals surface area contributed by atoms with Crippen molar-refractivity contribution < 1.29 is 9.90 Å². The van der Waals surface area contributed by atoms with Crippen molar-refractivity contribution in [3.8, 4) is 0 Å². The summed E-state index contributed by atoms with van der Waals surface area (Å²) >= 11 is 4.25. The molecule has 0 aliphatic rings. The van der Waals surface area contributed by atoms with Crippen molar-refractivity contribution in [2.75, 3.05) is 5.73 Å². The normalized spacial score (nSPS) is 10.3. The fraction of sp³-hybridized carbons (Fsp3) is 0.300. The second kappa shape index (κ2) is 3.53. The zero-order valence-corrected chi connectivity index (χ0v) is 9.27. The molecule has 0 heterocycles. The van der Waals surface area contributed by atoms with Crippen LogP contribution in [0, 0.1) is 20.8 Å². The molecule has 0 aromatic heterocycles. The molecule has 0 saturated heterocycles. The van der Waals surface area contributed by atoms with E-state index in [1.165, 1.54) is 0 Å². The largest absolute Gasteiger partial charge is 0.478 e. The predicted octanol–water partition coefficient (Wildman–Crippen LogP) is 2.18. The highest BCUT2D eigenvalue weighted by molar-refractivity contribution is 7.80. The van der Waals surface area contributed by atoms with Crippen molar-refractivity contribution in [2.24, 2.45) is 0 Å². The molecule has 0 spiro atoms. The van der Waals surface area contributed by atoms with Gasteiger partial charge in [-0.05, 0) is 37.5 Å². The molecule has 0 aliphatic heterocycles. The molecular formula is C10H13NO2S. The number of aromatic carboxylic acids is 1. The molecule has 3 N–H and O–H groups in total. The first-order valence-corrected chi connectivity index (χ1v) is 4.64. The van der Waals surface area contributed by atoms with Gasteiger partial charge in [0.15, 0.2) is 0 Å². The SMILES string of the molecule is Cc1c(N)c(C)c(C(=O)O)c(C)c1S. The lowest BCUT2D eigenvalue weighted by molar-refractivity contribution is 0.0695. The molecule has 76 valence electrons. The zero-order valence-electron chi connectivity index (χ0n) is 8.38. The molecule has 14 heavy (non-hydrogen) atoms. The summed E-state index contributed by atoms with van der Waals surface area (Å²) in [5.41, 5.74) is 8.68. The van der Waals surface area contributed by atoms with E-state index in [1.807, 2.05) is 6.92 Å². The molecule has 4 heteroatoms. The highest BCUT2D eigenvalue weighted by Crippen LogP contribution is 2.31. The van der Waals surface area contributed by atoms with Crippen molar-refractivity contribution in [2.45, 2.75) is 25.7 Å². The standard InChI is InChI=1S/C10H13NO2S/c1-4-7(10(12)13)5(2)9(14)6(3)8(4)11/h14H,11H2,1-3H3,(H,12,13). The highest BCUT2D eigenvalue weighted by atomic mass is 32.1. The monoisotopic (exact) mass is 211 g/mol. The van der Waals surface area contributed by atoms with Gasteiger partial charge < -0.3 is 10.8 Å². The summed E-state index contributed by atoms with van der Waals surface area (Å²) in [7, 11) is 0. The zero-order chi connectivity index (χ0) is 11.0. The number of anilines is 1. The Morgan fingerprint density at radius 2 is 1.71 bits per heavy atom. The highest BCUT2D eigenvalue weighted by Gasteiger charge is 2.17. The number of hydrogen-bond donors (Lipinski definition) is 3. The fourth-order valence-corrected chi connectivity index (χ4v) is 1.78. The van der Waals surface area contributed by atoms with Crippen LogP contribution in [0.25, 0.3) is 0 Å². The Labute approximate surface area is 88.3 Å². The fourth-order valence-electron chi connectivity index (χ4n) is 1.55. The molecule has 0 amide bonds. The third-order valence-corrected chi connectivity index (χ3v) is 3.15. The summed E-state index contributed by atoms with van der Waals surface area (Å²) in [5, 5.41) is 9.00. The summed E-state index contributed by atoms with van der Waals surface area (Å²) in [6, 6.07) is 0. The average molecular weight is 211 g/mol. The van der Waals surface area contributed by atoms with Crippen LogP contribution in [0.15, 0.2) is 4.90 Å². The molecule has 0 fully saturated rings. The molecule has 1 aromatic carbocycles. The second-order valence-electron chi connectivity index (χ2n) is 3.32. The van der Waals surface area contributed by atoms with Crippen LogP contribution in [-0.4, -0.2) is 11.1 Å². The second-order valence-corrected chi connectivity index (χ2v) is 3.76. The van der Waals surface area contributed by atoms with Gasteiger partial charge in [-0.25, -0.2) is 4.79 Å². The van der Waals surface area contributed by atoms with Crippen LogP contribution in [0.5, 0.6) is 0 Å². The first-order valence-electron chi connectivity index (χ1n) is 4.19. The van der Waals surface area contributed by atoms with Crippen LogP contribution in [0.1, 0.15) is 27.0 Å². The summed E-state index contributed by atoms with van der Waals surface area (Å²) in [4.78, 5) is 11.6. The third kappa shape index (κ3) is 1.46. The third-order valence-electron chi connectivity index (χ3n) is 2.48. The van der Waals surface area contributed by atoms with Crippen LogP contribution < -0.4 is 5.73 Å². The number of nitrogen functional groups attached to an aromatic ring is 1. The van der Waals surface area contributed by atoms with E-state index in [-0.39, 0.29) is 5.56 Å². The van der Waals surface area contributed by atoms with Gasteiger partial charge in [-0.1, -0.05) is 0 Å². The van der Waals surface area contributed by atoms with Gasteiger partial charge in [-0.2, -0.15) is 0 Å². The summed E-state index contributed by atoms with van der Waals surface area (Å²) in [5.74, 6) is -0.956. The van der Waals surface area contributed by atoms with Crippen molar-refractivity contribution in [3.63, 3.8) is 0 Å². The molecule has 0 saturated carbocycles. The first-order chi connectivity index (χ1) is 6.37. The van der Waals surface area contributed by atoms with Crippen molar-refractivity contribution >= 4 is 24.3 Å². The van der Waals surface area contributed by atoms with Gasteiger partial charge >= 0.3 is 5.97 Å². The molecule has 1 aromatic rings. The number of nitrogens with two attached hydrogens (primary N) is 1. The molecule has 3 nitrogen and oxygen atoms in total. The number of benzene rings is 1. The molecule has 0 bridgehead atoms. The van der Waals surface area contributed by atoms with Crippen LogP contribution in [0.2, 0.25) is 0 Å². The van der Waals surface area contributed by atoms with Gasteiger partial charge in [-0.3, -0.25) is 0 Å². The Kier molecular flexibility index (Phi) is 2.76. The summed E-state index contributed by atoms with van der Waals surface area (Å²) in [6.45, 7) is 5.29. The van der Waals surface area contributed by atoms with Crippen LogP contribution in [0.3, 0.4) is 0 Å². The van der Waals surface area contributed by atoms with Gasteiger partial charge in [-0.15, -0.1) is 12.6 Å². The molecule has 0 unspecified atom stereocenters. The lowest BCUT2D eigenvalue weighted by atomic mass is 9.97. The van der Waals surface area contributed by atoms with Crippen molar-refractivity contribution in [1.82, 2.24) is 0 Å². The molecule has 0 aliphatic carbocycles.